The average Bonchev–Trinajstić information content (AvgIpc) is 2.51. The minimum atomic E-state index is 0.583. The van der Waals surface area contributed by atoms with Crippen molar-refractivity contribution in [2.75, 3.05) is 6.54 Å². The summed E-state index contributed by atoms with van der Waals surface area (Å²) in [6, 6.07) is 0. The normalized spacial score (nSPS) is 12.1. The molecular formula is C8H11Cl2N3. The van der Waals surface area contributed by atoms with E-state index in [0.29, 0.717) is 11.6 Å². The quantitative estimate of drug-likeness (QED) is 0.838. The van der Waals surface area contributed by atoms with Crippen LogP contribution in [0.5, 0.6) is 0 Å². The molecule has 0 amide bonds. The molecule has 0 saturated carbocycles. The number of nitrogens with zero attached hydrogens (tertiary/aromatic N) is 2. The summed E-state index contributed by atoms with van der Waals surface area (Å²) in [6.45, 7) is 1.33. The van der Waals surface area contributed by atoms with E-state index in [4.69, 9.17) is 23.2 Å². The van der Waals surface area contributed by atoms with E-state index < -0.39 is 0 Å². The molecule has 72 valence electrons. The van der Waals surface area contributed by atoms with Crippen LogP contribution in [0.15, 0.2) is 23.0 Å². The van der Waals surface area contributed by atoms with Gasteiger partial charge in [-0.2, -0.15) is 5.10 Å². The highest BCUT2D eigenvalue weighted by Crippen LogP contribution is 2.01. The molecule has 1 aromatic rings. The van der Waals surface area contributed by atoms with Crippen LogP contribution in [0.4, 0.5) is 0 Å². The summed E-state index contributed by atoms with van der Waals surface area (Å²) in [5.41, 5.74) is 2.49. The van der Waals surface area contributed by atoms with E-state index in [2.05, 4.69) is 10.4 Å². The molecule has 0 aliphatic heterocycles. The second-order valence-electron chi connectivity index (χ2n) is 2.68. The summed E-state index contributed by atoms with van der Waals surface area (Å²) < 4.78 is 1.76. The van der Waals surface area contributed by atoms with Gasteiger partial charge in [-0.05, 0) is 0 Å². The third kappa shape index (κ3) is 3.81. The molecule has 5 heteroatoms. The lowest BCUT2D eigenvalue weighted by atomic mass is 10.3. The van der Waals surface area contributed by atoms with Crippen LogP contribution in [0.2, 0.25) is 0 Å². The maximum absolute atomic E-state index is 5.68. The largest absolute Gasteiger partial charge is 0.308 e. The molecule has 1 rings (SSSR count). The second-order valence-corrected chi connectivity index (χ2v) is 3.39. The standard InChI is InChI=1S/C8H11Cl2N3/c1-13-6-7(4-12-13)3-11-5-8(10)2-9/h2,4,6,11H,3,5H2,1H3. The molecule has 3 nitrogen and oxygen atoms in total. The van der Waals surface area contributed by atoms with Crippen LogP contribution in [0.1, 0.15) is 5.56 Å². The Labute approximate surface area is 87.3 Å². The maximum Gasteiger partial charge on any atom is 0.0534 e. The fourth-order valence-corrected chi connectivity index (χ4v) is 1.10. The van der Waals surface area contributed by atoms with Gasteiger partial charge in [-0.15, -0.1) is 0 Å². The fourth-order valence-electron chi connectivity index (χ4n) is 0.928. The van der Waals surface area contributed by atoms with Crippen LogP contribution in [0.3, 0.4) is 0 Å². The Kier molecular flexibility index (Phi) is 4.28. The van der Waals surface area contributed by atoms with Crippen molar-refractivity contribution in [3.8, 4) is 0 Å². The van der Waals surface area contributed by atoms with Crippen molar-refractivity contribution in [2.45, 2.75) is 6.54 Å². The topological polar surface area (TPSA) is 29.9 Å². The van der Waals surface area contributed by atoms with Crippen molar-refractivity contribution in [3.63, 3.8) is 0 Å². The smallest absolute Gasteiger partial charge is 0.0534 e. The zero-order valence-corrected chi connectivity index (χ0v) is 8.81. The number of hydrogen-bond donors (Lipinski definition) is 1. The van der Waals surface area contributed by atoms with E-state index in [9.17, 15) is 0 Å². The third-order valence-electron chi connectivity index (χ3n) is 1.50. The first kappa shape index (κ1) is 10.6. The summed E-state index contributed by atoms with van der Waals surface area (Å²) in [7, 11) is 1.88. The third-order valence-corrected chi connectivity index (χ3v) is 2.12. The molecule has 0 fully saturated rings. The SMILES string of the molecule is Cn1cc(CNCC(Cl)=CCl)cn1. The highest BCUT2D eigenvalue weighted by molar-refractivity contribution is 6.36. The van der Waals surface area contributed by atoms with Gasteiger partial charge in [-0.25, -0.2) is 0 Å². The average molecular weight is 220 g/mol. The Morgan fingerprint density at radius 2 is 2.54 bits per heavy atom. The molecule has 0 spiro atoms. The molecule has 0 saturated heterocycles. The van der Waals surface area contributed by atoms with Crippen LogP contribution >= 0.6 is 23.2 Å². The monoisotopic (exact) mass is 219 g/mol. The number of aryl methyl sites for hydroxylation is 1. The zero-order chi connectivity index (χ0) is 9.68. The molecule has 1 heterocycles. The summed E-state index contributed by atoms with van der Waals surface area (Å²) in [5.74, 6) is 0. The van der Waals surface area contributed by atoms with Gasteiger partial charge in [-0.3, -0.25) is 4.68 Å². The van der Waals surface area contributed by atoms with E-state index in [1.807, 2.05) is 19.4 Å². The van der Waals surface area contributed by atoms with E-state index in [-0.39, 0.29) is 0 Å². The number of nitrogens with one attached hydrogen (secondary N) is 1. The highest BCUT2D eigenvalue weighted by atomic mass is 35.5. The van der Waals surface area contributed by atoms with Crippen LogP contribution in [-0.4, -0.2) is 16.3 Å². The first-order valence-corrected chi connectivity index (χ1v) is 4.67. The molecule has 0 atom stereocenters. The summed E-state index contributed by atoms with van der Waals surface area (Å²) in [6.07, 6.45) is 3.76. The molecule has 0 aromatic carbocycles. The molecule has 0 aliphatic carbocycles. The predicted octanol–water partition coefficient (Wildman–Crippen LogP) is 1.83. The molecule has 1 N–H and O–H groups in total. The zero-order valence-electron chi connectivity index (χ0n) is 7.30. The van der Waals surface area contributed by atoms with Crippen LogP contribution < -0.4 is 5.32 Å². The van der Waals surface area contributed by atoms with Crippen LogP contribution in [-0.2, 0) is 13.6 Å². The molecular weight excluding hydrogens is 209 g/mol. The van der Waals surface area contributed by atoms with Gasteiger partial charge in [0.2, 0.25) is 0 Å². The van der Waals surface area contributed by atoms with Crippen molar-refractivity contribution in [3.05, 3.63) is 28.5 Å². The molecule has 13 heavy (non-hydrogen) atoms. The van der Waals surface area contributed by atoms with Crippen LogP contribution in [0, 0.1) is 0 Å². The van der Waals surface area contributed by atoms with Gasteiger partial charge in [0.25, 0.3) is 0 Å². The van der Waals surface area contributed by atoms with Gasteiger partial charge in [-0.1, -0.05) is 23.2 Å². The Balaban J connectivity index is 2.28. The first-order valence-electron chi connectivity index (χ1n) is 3.85. The lowest BCUT2D eigenvalue weighted by Gasteiger charge is -1.99. The van der Waals surface area contributed by atoms with Crippen molar-refractivity contribution in [1.82, 2.24) is 15.1 Å². The Morgan fingerprint density at radius 3 is 3.08 bits per heavy atom. The molecule has 0 bridgehead atoms. The first-order chi connectivity index (χ1) is 6.22. The van der Waals surface area contributed by atoms with E-state index in [1.165, 1.54) is 5.54 Å². The molecule has 0 aliphatic rings. The van der Waals surface area contributed by atoms with Gasteiger partial charge < -0.3 is 5.32 Å². The molecule has 0 unspecified atom stereocenters. The van der Waals surface area contributed by atoms with Gasteiger partial charge in [0, 0.05) is 42.5 Å². The minimum absolute atomic E-state index is 0.583. The predicted molar refractivity (Wildman–Crippen MR) is 54.7 cm³/mol. The maximum atomic E-state index is 5.68. The van der Waals surface area contributed by atoms with Crippen molar-refractivity contribution < 1.29 is 0 Å². The van der Waals surface area contributed by atoms with E-state index in [0.717, 1.165) is 12.1 Å². The van der Waals surface area contributed by atoms with E-state index in [1.54, 1.807) is 4.68 Å². The van der Waals surface area contributed by atoms with Gasteiger partial charge in [0.1, 0.15) is 0 Å². The molecule has 1 aromatic heterocycles. The van der Waals surface area contributed by atoms with Crippen LogP contribution in [0.25, 0.3) is 0 Å². The van der Waals surface area contributed by atoms with Crippen molar-refractivity contribution in [1.29, 1.82) is 0 Å². The lowest BCUT2D eigenvalue weighted by Crippen LogP contribution is -2.14. The van der Waals surface area contributed by atoms with Gasteiger partial charge >= 0.3 is 0 Å². The summed E-state index contributed by atoms with van der Waals surface area (Å²) in [5, 5.41) is 7.77. The minimum Gasteiger partial charge on any atom is -0.308 e. The van der Waals surface area contributed by atoms with Crippen molar-refractivity contribution in [2.24, 2.45) is 7.05 Å². The molecule has 0 radical (unpaired) electrons. The number of aromatic nitrogens is 2. The number of rotatable bonds is 4. The number of halogens is 2. The lowest BCUT2D eigenvalue weighted by molar-refractivity contribution is 0.746. The van der Waals surface area contributed by atoms with Crippen molar-refractivity contribution >= 4 is 23.2 Å². The Bertz CT molecular complexity index is 293. The highest BCUT2D eigenvalue weighted by Gasteiger charge is 1.95. The number of hydrogen-bond acceptors (Lipinski definition) is 2. The summed E-state index contributed by atoms with van der Waals surface area (Å²) in [4.78, 5) is 0. The Morgan fingerprint density at radius 1 is 1.77 bits per heavy atom. The van der Waals surface area contributed by atoms with E-state index >= 15 is 0 Å². The van der Waals surface area contributed by atoms with Gasteiger partial charge in [0.15, 0.2) is 0 Å². The second kappa shape index (κ2) is 5.27. The Hall–Kier alpha value is -0.510. The summed E-state index contributed by atoms with van der Waals surface area (Å²) >= 11 is 11.1. The fraction of sp³-hybridized carbons (Fsp3) is 0.375. The van der Waals surface area contributed by atoms with Gasteiger partial charge in [0.05, 0.1) is 6.20 Å².